The zero-order chi connectivity index (χ0) is 25.6. The Morgan fingerprint density at radius 3 is 2.53 bits per heavy atom. The lowest BCUT2D eigenvalue weighted by Gasteiger charge is -2.52. The molecule has 1 aromatic heterocycles. The van der Waals surface area contributed by atoms with Crippen LogP contribution in [0, 0.1) is 11.8 Å². The highest BCUT2D eigenvalue weighted by Crippen LogP contribution is 2.45. The summed E-state index contributed by atoms with van der Waals surface area (Å²) in [6.07, 6.45) is 5.54. The van der Waals surface area contributed by atoms with E-state index in [0.29, 0.717) is 6.04 Å². The van der Waals surface area contributed by atoms with Gasteiger partial charge in [0.25, 0.3) is 0 Å². The first-order valence-corrected chi connectivity index (χ1v) is 14.0. The van der Waals surface area contributed by atoms with Gasteiger partial charge in [0.2, 0.25) is 0 Å². The van der Waals surface area contributed by atoms with Crippen molar-refractivity contribution in [3.8, 4) is 11.5 Å². The number of rotatable bonds is 6. The van der Waals surface area contributed by atoms with Crippen molar-refractivity contribution in [1.82, 2.24) is 9.88 Å². The number of aromatic nitrogens is 1. The molecule has 0 saturated carbocycles. The molecule has 3 aliphatic heterocycles. The fraction of sp³-hybridized carbons (Fsp3) is 0.324. The van der Waals surface area contributed by atoms with E-state index in [1.165, 1.54) is 41.0 Å². The monoisotopic (exact) mass is 502 g/mol. The number of nitrogens with zero attached hydrogens (tertiary/aromatic N) is 2. The minimum absolute atomic E-state index is 0.113. The number of fused-ring (bicyclic) bond motifs is 7. The third-order valence-corrected chi connectivity index (χ3v) is 9.08. The summed E-state index contributed by atoms with van der Waals surface area (Å²) in [6, 6.07) is 28.2. The van der Waals surface area contributed by atoms with E-state index in [-0.39, 0.29) is 6.10 Å². The largest absolute Gasteiger partial charge is 0.497 e. The van der Waals surface area contributed by atoms with Crippen molar-refractivity contribution in [3.63, 3.8) is 0 Å². The van der Waals surface area contributed by atoms with Crippen LogP contribution in [-0.2, 0) is 0 Å². The van der Waals surface area contributed by atoms with Gasteiger partial charge in [-0.1, -0.05) is 61.9 Å². The molecule has 4 heteroatoms. The number of ether oxygens (including phenoxy) is 2. The lowest BCUT2D eigenvalue weighted by atomic mass is 9.72. The van der Waals surface area contributed by atoms with E-state index in [1.54, 1.807) is 7.11 Å². The van der Waals surface area contributed by atoms with Crippen LogP contribution in [0.5, 0.6) is 11.5 Å². The number of hydrogen-bond acceptors (Lipinski definition) is 4. The van der Waals surface area contributed by atoms with Crippen molar-refractivity contribution in [3.05, 3.63) is 90.6 Å². The van der Waals surface area contributed by atoms with Gasteiger partial charge in [-0.15, -0.1) is 0 Å². The van der Waals surface area contributed by atoms with Gasteiger partial charge in [0, 0.05) is 29.1 Å². The predicted octanol–water partition coefficient (Wildman–Crippen LogP) is 7.79. The van der Waals surface area contributed by atoms with Crippen molar-refractivity contribution in [2.24, 2.45) is 11.8 Å². The van der Waals surface area contributed by atoms with Crippen LogP contribution in [0.4, 0.5) is 0 Å². The molecule has 0 aliphatic carbocycles. The molecule has 192 valence electrons. The molecule has 0 spiro atoms. The van der Waals surface area contributed by atoms with Gasteiger partial charge in [-0.05, 0) is 77.7 Å². The molecule has 8 rings (SSSR count). The Morgan fingerprint density at radius 1 is 0.921 bits per heavy atom. The standard InChI is InChI=1S/C34H34N2O2/c1-3-22-21-36-17-15-23(22)18-32(36)34(29-14-16-35-31-13-12-25(37-2)20-30(29)31)38-33-19-24-8-4-5-9-26(24)27-10-6-7-11-28(27)33/h4-14,16,19-20,22-23,32,34H,3,15,17-18,21H2,1-2H3/t22?,23?,32?,34-/m0/s1. The van der Waals surface area contributed by atoms with Gasteiger partial charge >= 0.3 is 0 Å². The number of methoxy groups -OCH3 is 1. The Hall–Kier alpha value is -3.63. The van der Waals surface area contributed by atoms with Crippen molar-refractivity contribution in [2.75, 3.05) is 20.2 Å². The first kappa shape index (κ1) is 23.5. The van der Waals surface area contributed by atoms with Gasteiger partial charge in [0.05, 0.1) is 18.7 Å². The van der Waals surface area contributed by atoms with E-state index < -0.39 is 0 Å². The van der Waals surface area contributed by atoms with Crippen LogP contribution in [0.2, 0.25) is 0 Å². The summed E-state index contributed by atoms with van der Waals surface area (Å²) in [4.78, 5) is 7.39. The van der Waals surface area contributed by atoms with Crippen molar-refractivity contribution < 1.29 is 9.47 Å². The zero-order valence-corrected chi connectivity index (χ0v) is 22.1. The summed E-state index contributed by atoms with van der Waals surface area (Å²) < 4.78 is 12.9. The molecule has 38 heavy (non-hydrogen) atoms. The van der Waals surface area contributed by atoms with Crippen LogP contribution in [0.3, 0.4) is 0 Å². The lowest BCUT2D eigenvalue weighted by Crippen LogP contribution is -2.56. The van der Waals surface area contributed by atoms with Crippen LogP contribution >= 0.6 is 0 Å². The molecule has 0 N–H and O–H groups in total. The van der Waals surface area contributed by atoms with E-state index >= 15 is 0 Å². The smallest absolute Gasteiger partial charge is 0.140 e. The molecule has 3 fully saturated rings. The summed E-state index contributed by atoms with van der Waals surface area (Å²) in [5.41, 5.74) is 2.17. The Balaban J connectivity index is 1.41. The van der Waals surface area contributed by atoms with Gasteiger partial charge in [0.15, 0.2) is 0 Å². The van der Waals surface area contributed by atoms with Crippen LogP contribution in [0.25, 0.3) is 32.4 Å². The normalized spacial score (nSPS) is 23.6. The van der Waals surface area contributed by atoms with E-state index in [1.807, 2.05) is 12.3 Å². The third kappa shape index (κ3) is 3.90. The third-order valence-electron chi connectivity index (χ3n) is 9.08. The predicted molar refractivity (Wildman–Crippen MR) is 155 cm³/mol. The van der Waals surface area contributed by atoms with Crippen molar-refractivity contribution in [2.45, 2.75) is 38.3 Å². The fourth-order valence-corrected chi connectivity index (χ4v) is 7.08. The zero-order valence-electron chi connectivity index (χ0n) is 22.1. The second-order valence-electron chi connectivity index (χ2n) is 11.0. The van der Waals surface area contributed by atoms with Gasteiger partial charge in [0.1, 0.15) is 17.6 Å². The Labute approximate surface area is 224 Å². The Kier molecular flexibility index (Phi) is 5.93. The summed E-state index contributed by atoms with van der Waals surface area (Å²) in [6.45, 7) is 4.66. The number of piperidine rings is 3. The van der Waals surface area contributed by atoms with Crippen LogP contribution < -0.4 is 9.47 Å². The van der Waals surface area contributed by atoms with E-state index in [4.69, 9.17) is 14.5 Å². The minimum Gasteiger partial charge on any atom is -0.497 e. The lowest BCUT2D eigenvalue weighted by molar-refractivity contribution is -0.0480. The number of pyridine rings is 1. The maximum Gasteiger partial charge on any atom is 0.140 e. The summed E-state index contributed by atoms with van der Waals surface area (Å²) >= 11 is 0. The van der Waals surface area contributed by atoms with Crippen LogP contribution in [0.1, 0.15) is 37.9 Å². The summed E-state index contributed by atoms with van der Waals surface area (Å²) in [5, 5.41) is 5.97. The molecule has 4 heterocycles. The van der Waals surface area contributed by atoms with E-state index in [9.17, 15) is 0 Å². The molecule has 3 saturated heterocycles. The molecule has 0 radical (unpaired) electrons. The fourth-order valence-electron chi connectivity index (χ4n) is 7.08. The second-order valence-corrected chi connectivity index (χ2v) is 11.0. The van der Waals surface area contributed by atoms with Crippen molar-refractivity contribution in [1.29, 1.82) is 0 Å². The minimum atomic E-state index is -0.113. The molecule has 4 nitrogen and oxygen atoms in total. The average Bonchev–Trinajstić information content (AvgIpc) is 2.99. The maximum atomic E-state index is 7.25. The van der Waals surface area contributed by atoms with Crippen LogP contribution in [-0.4, -0.2) is 36.1 Å². The first-order chi connectivity index (χ1) is 18.7. The molecule has 4 unspecified atom stereocenters. The molecular formula is C34H34N2O2. The number of benzene rings is 4. The van der Waals surface area contributed by atoms with Gasteiger partial charge < -0.3 is 9.47 Å². The van der Waals surface area contributed by atoms with E-state index in [2.05, 4.69) is 84.6 Å². The maximum absolute atomic E-state index is 7.25. The molecule has 5 atom stereocenters. The topological polar surface area (TPSA) is 34.6 Å². The van der Waals surface area contributed by atoms with E-state index in [0.717, 1.165) is 52.7 Å². The molecular weight excluding hydrogens is 468 g/mol. The highest BCUT2D eigenvalue weighted by atomic mass is 16.5. The summed E-state index contributed by atoms with van der Waals surface area (Å²) in [7, 11) is 1.73. The Bertz CT molecular complexity index is 1630. The second kappa shape index (κ2) is 9.59. The molecule has 3 aliphatic rings. The average molecular weight is 503 g/mol. The SMILES string of the molecule is CCC1CN2CCC1CC2[C@@H](Oc1cc2ccccc2c2ccccc12)c1ccnc2ccc(OC)cc12. The summed E-state index contributed by atoms with van der Waals surface area (Å²) in [5.74, 6) is 3.35. The molecule has 4 aromatic carbocycles. The Morgan fingerprint density at radius 2 is 1.74 bits per heavy atom. The van der Waals surface area contributed by atoms with Gasteiger partial charge in [-0.25, -0.2) is 0 Å². The highest BCUT2D eigenvalue weighted by molar-refractivity contribution is 6.10. The van der Waals surface area contributed by atoms with Gasteiger partial charge in [-0.2, -0.15) is 0 Å². The molecule has 2 bridgehead atoms. The molecule has 5 aromatic rings. The van der Waals surface area contributed by atoms with Crippen molar-refractivity contribution >= 4 is 32.4 Å². The highest BCUT2D eigenvalue weighted by Gasteiger charge is 2.44. The molecule has 0 amide bonds. The quantitative estimate of drug-likeness (QED) is 0.222. The van der Waals surface area contributed by atoms with Crippen LogP contribution in [0.15, 0.2) is 85.1 Å². The first-order valence-electron chi connectivity index (χ1n) is 14.0. The van der Waals surface area contributed by atoms with Gasteiger partial charge in [-0.3, -0.25) is 9.88 Å². The number of hydrogen-bond donors (Lipinski definition) is 0.